The standard InChI is InChI=1S/C22H23F2N3O3S/c1-4-6-20-17(7-9-18(13-23)26-20)8-10-21(28)25-14-15-11-16(5-2)22(19(24)12-15)27-31(3,29)30/h2,7-12,27H,4,6,13-14H2,1,3H3,(H,25,28)/b10-8+. The quantitative estimate of drug-likeness (QED) is 0.456. The van der Waals surface area contributed by atoms with Gasteiger partial charge in [-0.2, -0.15) is 0 Å². The van der Waals surface area contributed by atoms with Crippen LogP contribution in [0.2, 0.25) is 0 Å². The van der Waals surface area contributed by atoms with Crippen LogP contribution >= 0.6 is 0 Å². The van der Waals surface area contributed by atoms with E-state index in [4.69, 9.17) is 6.42 Å². The highest BCUT2D eigenvalue weighted by molar-refractivity contribution is 7.92. The van der Waals surface area contributed by atoms with Crippen molar-refractivity contribution in [3.8, 4) is 12.3 Å². The molecule has 9 heteroatoms. The van der Waals surface area contributed by atoms with Gasteiger partial charge >= 0.3 is 0 Å². The monoisotopic (exact) mass is 447 g/mol. The van der Waals surface area contributed by atoms with Gasteiger partial charge in [0.1, 0.15) is 12.5 Å². The second kappa shape index (κ2) is 10.7. The van der Waals surface area contributed by atoms with E-state index in [2.05, 4.69) is 20.9 Å². The second-order valence-electron chi connectivity index (χ2n) is 6.79. The fourth-order valence-electron chi connectivity index (χ4n) is 2.80. The number of carbonyl (C=O) groups is 1. The molecule has 1 amide bonds. The number of alkyl halides is 1. The van der Waals surface area contributed by atoms with Crippen molar-refractivity contribution in [3.05, 3.63) is 64.2 Å². The van der Waals surface area contributed by atoms with E-state index in [1.165, 1.54) is 12.1 Å². The van der Waals surface area contributed by atoms with Gasteiger partial charge in [-0.25, -0.2) is 17.2 Å². The number of hydrogen-bond acceptors (Lipinski definition) is 4. The van der Waals surface area contributed by atoms with E-state index in [1.807, 2.05) is 6.92 Å². The van der Waals surface area contributed by atoms with E-state index in [0.29, 0.717) is 28.9 Å². The molecule has 0 aliphatic rings. The van der Waals surface area contributed by atoms with Gasteiger partial charge in [0, 0.05) is 18.3 Å². The first-order valence-electron chi connectivity index (χ1n) is 9.44. The van der Waals surface area contributed by atoms with Crippen molar-refractivity contribution >= 4 is 27.7 Å². The van der Waals surface area contributed by atoms with Crippen molar-refractivity contribution in [3.63, 3.8) is 0 Å². The van der Waals surface area contributed by atoms with Crippen LogP contribution in [-0.2, 0) is 34.5 Å². The van der Waals surface area contributed by atoms with Crippen LogP contribution < -0.4 is 10.0 Å². The molecule has 2 N–H and O–H groups in total. The average molecular weight is 448 g/mol. The van der Waals surface area contributed by atoms with E-state index < -0.39 is 28.4 Å². The van der Waals surface area contributed by atoms with Crippen LogP contribution in [0, 0.1) is 18.2 Å². The molecule has 0 unspecified atom stereocenters. The Morgan fingerprint density at radius 3 is 2.68 bits per heavy atom. The smallest absolute Gasteiger partial charge is 0.244 e. The zero-order valence-electron chi connectivity index (χ0n) is 17.2. The first kappa shape index (κ1) is 24.0. The zero-order chi connectivity index (χ0) is 23.0. The molecule has 1 aromatic heterocycles. The maximum absolute atomic E-state index is 14.3. The highest BCUT2D eigenvalue weighted by atomic mass is 32.2. The first-order chi connectivity index (χ1) is 14.7. The maximum Gasteiger partial charge on any atom is 0.244 e. The number of terminal acetylenes is 1. The van der Waals surface area contributed by atoms with Gasteiger partial charge in [-0.05, 0) is 41.8 Å². The van der Waals surface area contributed by atoms with E-state index >= 15 is 0 Å². The summed E-state index contributed by atoms with van der Waals surface area (Å²) in [6.07, 6.45) is 10.6. The largest absolute Gasteiger partial charge is 0.348 e. The van der Waals surface area contributed by atoms with Crippen LogP contribution in [0.5, 0.6) is 0 Å². The minimum atomic E-state index is -3.71. The summed E-state index contributed by atoms with van der Waals surface area (Å²) in [7, 11) is -3.71. The number of nitrogens with one attached hydrogen (secondary N) is 2. The summed E-state index contributed by atoms with van der Waals surface area (Å²) < 4.78 is 51.9. The van der Waals surface area contributed by atoms with Gasteiger partial charge < -0.3 is 5.32 Å². The van der Waals surface area contributed by atoms with E-state index in [-0.39, 0.29) is 17.8 Å². The molecule has 2 rings (SSSR count). The molecule has 0 aliphatic carbocycles. The lowest BCUT2D eigenvalue weighted by molar-refractivity contribution is -0.116. The Morgan fingerprint density at radius 2 is 2.06 bits per heavy atom. The van der Waals surface area contributed by atoms with Gasteiger partial charge in [-0.15, -0.1) is 6.42 Å². The highest BCUT2D eigenvalue weighted by Crippen LogP contribution is 2.22. The zero-order valence-corrected chi connectivity index (χ0v) is 18.0. The lowest BCUT2D eigenvalue weighted by Crippen LogP contribution is -2.21. The summed E-state index contributed by atoms with van der Waals surface area (Å²) in [4.78, 5) is 16.4. The van der Waals surface area contributed by atoms with Gasteiger partial charge in [-0.3, -0.25) is 14.5 Å². The Hall–Kier alpha value is -3.25. The van der Waals surface area contributed by atoms with Gasteiger partial charge in [0.05, 0.1) is 23.2 Å². The van der Waals surface area contributed by atoms with Crippen molar-refractivity contribution in [2.75, 3.05) is 11.0 Å². The van der Waals surface area contributed by atoms with Crippen LogP contribution in [0.1, 0.15) is 41.4 Å². The fraction of sp³-hybridized carbons (Fsp3) is 0.273. The van der Waals surface area contributed by atoms with Gasteiger partial charge in [-0.1, -0.05) is 25.3 Å². The van der Waals surface area contributed by atoms with Crippen LogP contribution in [0.4, 0.5) is 14.5 Å². The molecule has 0 spiro atoms. The van der Waals surface area contributed by atoms with Crippen molar-refractivity contribution < 1.29 is 22.0 Å². The third kappa shape index (κ3) is 7.19. The Morgan fingerprint density at radius 1 is 1.32 bits per heavy atom. The molecule has 1 aromatic carbocycles. The Balaban J connectivity index is 2.11. The van der Waals surface area contributed by atoms with E-state index in [9.17, 15) is 22.0 Å². The molecule has 2 aromatic rings. The lowest BCUT2D eigenvalue weighted by Gasteiger charge is -2.11. The van der Waals surface area contributed by atoms with Gasteiger partial charge in [0.2, 0.25) is 15.9 Å². The number of aryl methyl sites for hydroxylation is 1. The molecule has 0 saturated heterocycles. The molecule has 0 aliphatic heterocycles. The predicted octanol–water partition coefficient (Wildman–Crippen LogP) is 3.33. The van der Waals surface area contributed by atoms with Gasteiger partial charge in [0.25, 0.3) is 0 Å². The number of anilines is 1. The number of sulfonamides is 1. The predicted molar refractivity (Wildman–Crippen MR) is 117 cm³/mol. The number of aromatic nitrogens is 1. The lowest BCUT2D eigenvalue weighted by atomic mass is 10.1. The van der Waals surface area contributed by atoms with Crippen molar-refractivity contribution in [2.24, 2.45) is 0 Å². The number of benzene rings is 1. The number of nitrogens with zero attached hydrogens (tertiary/aromatic N) is 1. The number of carbonyl (C=O) groups excluding carboxylic acids is 1. The Bertz CT molecular complexity index is 1140. The second-order valence-corrected chi connectivity index (χ2v) is 8.54. The molecule has 0 fully saturated rings. The maximum atomic E-state index is 14.3. The molecular formula is C22H23F2N3O3S. The highest BCUT2D eigenvalue weighted by Gasteiger charge is 2.14. The fourth-order valence-corrected chi connectivity index (χ4v) is 3.38. The Kier molecular flexibility index (Phi) is 8.28. The minimum absolute atomic E-state index is 0.0191. The van der Waals surface area contributed by atoms with Crippen molar-refractivity contribution in [1.29, 1.82) is 0 Å². The summed E-state index contributed by atoms with van der Waals surface area (Å²) in [5, 5.41) is 2.61. The molecule has 0 saturated carbocycles. The Labute approximate surface area is 180 Å². The summed E-state index contributed by atoms with van der Waals surface area (Å²) in [5.74, 6) is 0.958. The number of hydrogen-bond donors (Lipinski definition) is 2. The molecule has 164 valence electrons. The summed E-state index contributed by atoms with van der Waals surface area (Å²) >= 11 is 0. The molecule has 0 bridgehead atoms. The average Bonchev–Trinajstić information content (AvgIpc) is 2.72. The third-order valence-electron chi connectivity index (χ3n) is 4.16. The summed E-state index contributed by atoms with van der Waals surface area (Å²) in [5.41, 5.74) is 1.83. The van der Waals surface area contributed by atoms with E-state index in [1.54, 1.807) is 18.2 Å². The molecular weight excluding hydrogens is 424 g/mol. The van der Waals surface area contributed by atoms with Crippen molar-refractivity contribution in [2.45, 2.75) is 33.0 Å². The van der Waals surface area contributed by atoms with Crippen LogP contribution in [0.3, 0.4) is 0 Å². The SMILES string of the molecule is C#Cc1cc(CNC(=O)/C=C/c2ccc(CF)nc2CCC)cc(F)c1NS(C)(=O)=O. The van der Waals surface area contributed by atoms with Gasteiger partial charge in [0.15, 0.2) is 0 Å². The summed E-state index contributed by atoms with van der Waals surface area (Å²) in [6.45, 7) is 1.30. The molecule has 0 radical (unpaired) electrons. The molecule has 6 nitrogen and oxygen atoms in total. The normalized spacial score (nSPS) is 11.3. The minimum Gasteiger partial charge on any atom is -0.348 e. The number of amides is 1. The summed E-state index contributed by atoms with van der Waals surface area (Å²) in [6, 6.07) is 5.78. The van der Waals surface area contributed by atoms with E-state index in [0.717, 1.165) is 18.7 Å². The van der Waals surface area contributed by atoms with Crippen molar-refractivity contribution in [1.82, 2.24) is 10.3 Å². The number of rotatable bonds is 9. The van der Waals surface area contributed by atoms with Crippen LogP contribution in [-0.4, -0.2) is 25.6 Å². The van der Waals surface area contributed by atoms with Crippen LogP contribution in [0.15, 0.2) is 30.3 Å². The molecule has 0 atom stereocenters. The topological polar surface area (TPSA) is 88.2 Å². The first-order valence-corrected chi connectivity index (χ1v) is 11.3. The third-order valence-corrected chi connectivity index (χ3v) is 4.74. The van der Waals surface area contributed by atoms with Crippen LogP contribution in [0.25, 0.3) is 6.08 Å². The molecule has 1 heterocycles. The number of pyridine rings is 1. The number of halogens is 2. The molecule has 31 heavy (non-hydrogen) atoms.